The summed E-state index contributed by atoms with van der Waals surface area (Å²) < 4.78 is 6.27. The second-order valence-corrected chi connectivity index (χ2v) is 9.92. The monoisotopic (exact) mass is 320 g/mol. The summed E-state index contributed by atoms with van der Waals surface area (Å²) in [5.74, 6) is 3.38. The van der Waals surface area contributed by atoms with Crippen LogP contribution in [0.15, 0.2) is 0 Å². The predicted molar refractivity (Wildman–Crippen MR) is 94.0 cm³/mol. The van der Waals surface area contributed by atoms with Gasteiger partial charge >= 0.3 is 5.97 Å². The van der Waals surface area contributed by atoms with Crippen LogP contribution < -0.4 is 0 Å². The van der Waals surface area contributed by atoms with Crippen LogP contribution in [0.5, 0.6) is 0 Å². The van der Waals surface area contributed by atoms with Crippen molar-refractivity contribution in [1.82, 2.24) is 0 Å². The summed E-state index contributed by atoms with van der Waals surface area (Å²) in [6.07, 6.45) is 8.93. The zero-order valence-electron chi connectivity index (χ0n) is 16.1. The van der Waals surface area contributed by atoms with Crippen molar-refractivity contribution in [3.05, 3.63) is 0 Å². The fraction of sp³-hybridized carbons (Fsp3) is 0.952. The average molecular weight is 321 g/mol. The molecule has 132 valence electrons. The van der Waals surface area contributed by atoms with Gasteiger partial charge in [0.25, 0.3) is 0 Å². The summed E-state index contributed by atoms with van der Waals surface area (Å²) in [5, 5.41) is 0. The van der Waals surface area contributed by atoms with E-state index in [0.29, 0.717) is 0 Å². The zero-order chi connectivity index (χ0) is 17.0. The Morgan fingerprint density at radius 3 is 2.09 bits per heavy atom. The molecule has 0 aromatic rings. The molecule has 3 unspecified atom stereocenters. The van der Waals surface area contributed by atoms with Crippen LogP contribution in [0.3, 0.4) is 0 Å². The van der Waals surface area contributed by atoms with Crippen LogP contribution in [-0.4, -0.2) is 11.6 Å². The van der Waals surface area contributed by atoms with E-state index in [-0.39, 0.29) is 22.4 Å². The molecule has 4 aliphatic carbocycles. The first-order valence-electron chi connectivity index (χ1n) is 9.88. The molecule has 0 heterocycles. The van der Waals surface area contributed by atoms with Gasteiger partial charge in [-0.15, -0.1) is 0 Å². The van der Waals surface area contributed by atoms with Gasteiger partial charge in [0.15, 0.2) is 0 Å². The van der Waals surface area contributed by atoms with Crippen molar-refractivity contribution in [2.24, 2.45) is 34.5 Å². The average Bonchev–Trinajstić information content (AvgIpc) is 2.45. The first kappa shape index (κ1) is 17.3. The molecule has 0 saturated heterocycles. The van der Waals surface area contributed by atoms with Crippen LogP contribution >= 0.6 is 0 Å². The van der Waals surface area contributed by atoms with Crippen LogP contribution in [0.4, 0.5) is 0 Å². The van der Waals surface area contributed by atoms with E-state index in [2.05, 4.69) is 27.7 Å². The molecule has 4 aliphatic rings. The van der Waals surface area contributed by atoms with Crippen molar-refractivity contribution in [3.8, 4) is 0 Å². The summed E-state index contributed by atoms with van der Waals surface area (Å²) in [6.45, 7) is 12.9. The van der Waals surface area contributed by atoms with Crippen molar-refractivity contribution in [2.75, 3.05) is 0 Å². The molecule has 23 heavy (non-hydrogen) atoms. The Bertz CT molecular complexity index is 462. The Kier molecular flexibility index (Phi) is 4.13. The normalized spacial score (nSPS) is 39.6. The molecule has 0 aromatic heterocycles. The number of carbonyl (C=O) groups is 1. The lowest BCUT2D eigenvalue weighted by Crippen LogP contribution is -2.62. The SMILES string of the molecule is CCC1C2CC3CC(C2)CC1(C(C)(C)OC(=O)C(C)(C)CC)C3. The lowest BCUT2D eigenvalue weighted by atomic mass is 9.41. The molecule has 3 atom stereocenters. The molecule has 0 radical (unpaired) electrons. The summed E-state index contributed by atoms with van der Waals surface area (Å²) in [6, 6.07) is 0. The highest BCUT2D eigenvalue weighted by atomic mass is 16.6. The number of ether oxygens (including phenoxy) is 1. The quantitative estimate of drug-likeness (QED) is 0.617. The highest BCUT2D eigenvalue weighted by molar-refractivity contribution is 5.76. The highest BCUT2D eigenvalue weighted by Crippen LogP contribution is 2.67. The number of hydrogen-bond acceptors (Lipinski definition) is 2. The van der Waals surface area contributed by atoms with E-state index in [1.165, 1.54) is 38.5 Å². The van der Waals surface area contributed by atoms with Gasteiger partial charge in [0.05, 0.1) is 5.41 Å². The van der Waals surface area contributed by atoms with Gasteiger partial charge in [-0.2, -0.15) is 0 Å². The molecule has 0 aromatic carbocycles. The fourth-order valence-corrected chi connectivity index (χ4v) is 6.42. The lowest BCUT2D eigenvalue weighted by Gasteiger charge is -2.65. The first-order chi connectivity index (χ1) is 10.6. The van der Waals surface area contributed by atoms with Crippen LogP contribution in [-0.2, 0) is 9.53 Å². The van der Waals surface area contributed by atoms with E-state index in [1.54, 1.807) is 0 Å². The van der Waals surface area contributed by atoms with Crippen LogP contribution in [0.2, 0.25) is 0 Å². The largest absolute Gasteiger partial charge is 0.459 e. The molecule has 4 saturated carbocycles. The number of rotatable bonds is 5. The van der Waals surface area contributed by atoms with Crippen molar-refractivity contribution in [1.29, 1.82) is 0 Å². The van der Waals surface area contributed by atoms with Gasteiger partial charge in [-0.25, -0.2) is 0 Å². The van der Waals surface area contributed by atoms with Gasteiger partial charge in [-0.1, -0.05) is 20.3 Å². The maximum absolute atomic E-state index is 12.8. The van der Waals surface area contributed by atoms with Crippen LogP contribution in [0, 0.1) is 34.5 Å². The lowest BCUT2D eigenvalue weighted by molar-refractivity contribution is -0.227. The Hall–Kier alpha value is -0.530. The van der Waals surface area contributed by atoms with Gasteiger partial charge in [0.1, 0.15) is 5.60 Å². The van der Waals surface area contributed by atoms with Gasteiger partial charge in [-0.3, -0.25) is 4.79 Å². The minimum atomic E-state index is -0.374. The van der Waals surface area contributed by atoms with Crippen LogP contribution in [0.1, 0.15) is 86.5 Å². The molecule has 0 amide bonds. The van der Waals surface area contributed by atoms with Gasteiger partial charge in [-0.05, 0) is 89.9 Å². The molecule has 2 nitrogen and oxygen atoms in total. The third-order valence-electron chi connectivity index (χ3n) is 7.95. The molecule has 0 spiro atoms. The van der Waals surface area contributed by atoms with Crippen molar-refractivity contribution in [2.45, 2.75) is 92.1 Å². The Labute approximate surface area is 142 Å². The summed E-state index contributed by atoms with van der Waals surface area (Å²) in [5.41, 5.74) is -0.496. The summed E-state index contributed by atoms with van der Waals surface area (Å²) in [4.78, 5) is 12.8. The second-order valence-electron chi connectivity index (χ2n) is 9.92. The van der Waals surface area contributed by atoms with Crippen molar-refractivity contribution < 1.29 is 9.53 Å². The third kappa shape index (κ3) is 2.55. The van der Waals surface area contributed by atoms with Crippen LogP contribution in [0.25, 0.3) is 0 Å². The predicted octanol–water partition coefficient (Wildman–Crippen LogP) is 5.60. The van der Waals surface area contributed by atoms with E-state index in [9.17, 15) is 4.79 Å². The van der Waals surface area contributed by atoms with Crippen molar-refractivity contribution in [3.63, 3.8) is 0 Å². The third-order valence-corrected chi connectivity index (χ3v) is 7.95. The Balaban J connectivity index is 1.89. The summed E-state index contributed by atoms with van der Waals surface area (Å²) in [7, 11) is 0. The topological polar surface area (TPSA) is 26.3 Å². The first-order valence-corrected chi connectivity index (χ1v) is 9.88. The maximum atomic E-state index is 12.8. The van der Waals surface area contributed by atoms with E-state index in [4.69, 9.17) is 4.74 Å². The molecule has 0 aliphatic heterocycles. The standard InChI is InChI=1S/C21H36O2/c1-7-17-16-10-14-9-15(11-16)13-21(17,12-14)20(5,6)23-18(22)19(3,4)8-2/h14-17H,7-13H2,1-6H3. The summed E-state index contributed by atoms with van der Waals surface area (Å²) >= 11 is 0. The van der Waals surface area contributed by atoms with E-state index in [1.807, 2.05) is 13.8 Å². The Morgan fingerprint density at radius 2 is 1.61 bits per heavy atom. The second kappa shape index (κ2) is 5.49. The maximum Gasteiger partial charge on any atom is 0.312 e. The Morgan fingerprint density at radius 1 is 1.04 bits per heavy atom. The van der Waals surface area contributed by atoms with Gasteiger partial charge < -0.3 is 4.74 Å². The molecule has 0 N–H and O–H groups in total. The highest BCUT2D eigenvalue weighted by Gasteiger charge is 2.63. The molecule has 4 rings (SSSR count). The molecule has 4 bridgehead atoms. The fourth-order valence-electron chi connectivity index (χ4n) is 6.42. The number of hydrogen-bond donors (Lipinski definition) is 0. The van der Waals surface area contributed by atoms with E-state index < -0.39 is 0 Å². The minimum absolute atomic E-state index is 0.00408. The number of carbonyl (C=O) groups excluding carboxylic acids is 1. The van der Waals surface area contributed by atoms with E-state index in [0.717, 1.165) is 30.1 Å². The molecule has 4 fully saturated rings. The zero-order valence-corrected chi connectivity index (χ0v) is 16.1. The van der Waals surface area contributed by atoms with Gasteiger partial charge in [0.2, 0.25) is 0 Å². The molecule has 2 heteroatoms. The molecular formula is C21H36O2. The molecular weight excluding hydrogens is 284 g/mol. The van der Waals surface area contributed by atoms with Gasteiger partial charge in [0, 0.05) is 5.41 Å². The minimum Gasteiger partial charge on any atom is -0.459 e. The van der Waals surface area contributed by atoms with Crippen molar-refractivity contribution >= 4 is 5.97 Å². The number of esters is 1. The van der Waals surface area contributed by atoms with E-state index >= 15 is 0 Å². The smallest absolute Gasteiger partial charge is 0.312 e.